The second-order valence-electron chi connectivity index (χ2n) is 3.41. The van der Waals surface area contributed by atoms with Crippen LogP contribution in [0.25, 0.3) is 0 Å². The number of halogens is 1. The zero-order valence-electron chi connectivity index (χ0n) is 8.85. The van der Waals surface area contributed by atoms with Crippen molar-refractivity contribution in [3.63, 3.8) is 0 Å². The van der Waals surface area contributed by atoms with Crippen LogP contribution >= 0.6 is 11.3 Å². The molecule has 3 nitrogen and oxygen atoms in total. The molecule has 0 aliphatic carbocycles. The van der Waals surface area contributed by atoms with Crippen LogP contribution in [0.2, 0.25) is 0 Å². The highest BCUT2D eigenvalue weighted by atomic mass is 32.1. The predicted molar refractivity (Wildman–Crippen MR) is 61.8 cm³/mol. The van der Waals surface area contributed by atoms with Gasteiger partial charge in [-0.15, -0.1) is 11.3 Å². The van der Waals surface area contributed by atoms with Crippen LogP contribution in [0.15, 0.2) is 30.0 Å². The molecule has 1 atom stereocenters. The van der Waals surface area contributed by atoms with Gasteiger partial charge >= 0.3 is 0 Å². The largest absolute Gasteiger partial charge is 0.313 e. The van der Waals surface area contributed by atoms with Gasteiger partial charge in [-0.25, -0.2) is 9.37 Å². The van der Waals surface area contributed by atoms with E-state index in [1.165, 1.54) is 12.3 Å². The summed E-state index contributed by atoms with van der Waals surface area (Å²) < 4.78 is 13.0. The third kappa shape index (κ3) is 2.62. The summed E-state index contributed by atoms with van der Waals surface area (Å²) in [6.07, 6.45) is 5.41. The molecule has 0 saturated heterocycles. The molecule has 1 unspecified atom stereocenters. The number of thiazole rings is 1. The highest BCUT2D eigenvalue weighted by Gasteiger charge is 2.12. The lowest BCUT2D eigenvalue weighted by atomic mass is 10.1. The predicted octanol–water partition coefficient (Wildman–Crippen LogP) is 2.18. The van der Waals surface area contributed by atoms with Crippen LogP contribution in [0.5, 0.6) is 0 Å². The van der Waals surface area contributed by atoms with Gasteiger partial charge in [0.05, 0.1) is 11.2 Å². The summed E-state index contributed by atoms with van der Waals surface area (Å²) in [5.74, 6) is -0.308. The summed E-state index contributed by atoms with van der Waals surface area (Å²) in [5.41, 5.74) is 0.845. The number of nitrogens with one attached hydrogen (secondary N) is 1. The number of pyridine rings is 1. The molecule has 16 heavy (non-hydrogen) atoms. The minimum atomic E-state index is -0.308. The van der Waals surface area contributed by atoms with E-state index in [9.17, 15) is 4.39 Å². The molecule has 0 fully saturated rings. The average Bonchev–Trinajstić information content (AvgIpc) is 2.78. The quantitative estimate of drug-likeness (QED) is 0.885. The molecule has 5 heteroatoms. The fourth-order valence-corrected chi connectivity index (χ4v) is 2.20. The van der Waals surface area contributed by atoms with Crippen LogP contribution in [0.1, 0.15) is 16.6 Å². The first-order valence-corrected chi connectivity index (χ1v) is 5.83. The number of rotatable bonds is 4. The number of nitrogens with zero attached hydrogens (tertiary/aromatic N) is 2. The van der Waals surface area contributed by atoms with E-state index in [4.69, 9.17) is 0 Å². The third-order valence-electron chi connectivity index (χ3n) is 2.34. The molecule has 2 aromatic rings. The Morgan fingerprint density at radius 3 is 3.00 bits per heavy atom. The Morgan fingerprint density at radius 1 is 1.50 bits per heavy atom. The van der Waals surface area contributed by atoms with E-state index in [0.29, 0.717) is 0 Å². The number of aromatic nitrogens is 2. The molecule has 84 valence electrons. The van der Waals surface area contributed by atoms with Crippen molar-refractivity contribution >= 4 is 11.3 Å². The molecule has 0 aromatic carbocycles. The topological polar surface area (TPSA) is 37.8 Å². The van der Waals surface area contributed by atoms with E-state index < -0.39 is 0 Å². The Hall–Kier alpha value is -1.33. The van der Waals surface area contributed by atoms with Gasteiger partial charge in [0.25, 0.3) is 0 Å². The number of hydrogen-bond acceptors (Lipinski definition) is 4. The summed E-state index contributed by atoms with van der Waals surface area (Å²) in [5, 5.41) is 6.11. The van der Waals surface area contributed by atoms with Crippen molar-refractivity contribution in [3.05, 3.63) is 46.4 Å². The molecule has 0 amide bonds. The van der Waals surface area contributed by atoms with Gasteiger partial charge in [-0.1, -0.05) is 0 Å². The van der Waals surface area contributed by atoms with Crippen molar-refractivity contribution in [2.75, 3.05) is 7.05 Å². The maximum Gasteiger partial charge on any atom is 0.141 e. The number of hydrogen-bond donors (Lipinski definition) is 1. The Labute approximate surface area is 97.4 Å². The Kier molecular flexibility index (Phi) is 3.58. The molecular formula is C11H12FN3S. The normalized spacial score (nSPS) is 12.6. The highest BCUT2D eigenvalue weighted by Crippen LogP contribution is 2.19. The fraction of sp³-hybridized carbons (Fsp3) is 0.273. The van der Waals surface area contributed by atoms with Gasteiger partial charge in [-0.2, -0.15) is 0 Å². The zero-order chi connectivity index (χ0) is 11.4. The van der Waals surface area contributed by atoms with Gasteiger partial charge in [-0.05, 0) is 18.7 Å². The van der Waals surface area contributed by atoms with Crippen LogP contribution in [0, 0.1) is 5.82 Å². The third-order valence-corrected chi connectivity index (χ3v) is 3.14. The second-order valence-corrected chi connectivity index (χ2v) is 4.39. The van der Waals surface area contributed by atoms with Gasteiger partial charge in [0.1, 0.15) is 5.82 Å². The van der Waals surface area contributed by atoms with Crippen LogP contribution < -0.4 is 5.32 Å². The van der Waals surface area contributed by atoms with Crippen molar-refractivity contribution in [1.82, 2.24) is 15.3 Å². The molecule has 0 radical (unpaired) electrons. The highest BCUT2D eigenvalue weighted by molar-refractivity contribution is 7.09. The summed E-state index contributed by atoms with van der Waals surface area (Å²) in [6.45, 7) is 0. The lowest BCUT2D eigenvalue weighted by molar-refractivity contribution is 0.571. The molecule has 2 heterocycles. The summed E-state index contributed by atoms with van der Waals surface area (Å²) >= 11 is 1.60. The lowest BCUT2D eigenvalue weighted by Crippen LogP contribution is -2.19. The van der Waals surface area contributed by atoms with Crippen molar-refractivity contribution in [1.29, 1.82) is 0 Å². The molecule has 0 aliphatic heterocycles. The van der Waals surface area contributed by atoms with Gasteiger partial charge in [0.15, 0.2) is 0 Å². The first kappa shape index (κ1) is 11.2. The monoisotopic (exact) mass is 237 g/mol. The smallest absolute Gasteiger partial charge is 0.141 e. The Bertz CT molecular complexity index is 444. The maximum atomic E-state index is 13.0. The van der Waals surface area contributed by atoms with E-state index >= 15 is 0 Å². The van der Waals surface area contributed by atoms with Crippen LogP contribution in [0.4, 0.5) is 4.39 Å². The van der Waals surface area contributed by atoms with Crippen LogP contribution in [-0.2, 0) is 6.42 Å². The second kappa shape index (κ2) is 5.14. The standard InChI is InChI=1S/C11H12FN3S/c1-13-10(5-11-15-2-3-16-11)8-4-9(12)7-14-6-8/h2-4,6-7,10,13H,5H2,1H3. The van der Waals surface area contributed by atoms with Gasteiger partial charge in [0, 0.05) is 30.2 Å². The molecule has 0 saturated carbocycles. The molecule has 2 rings (SSSR count). The van der Waals surface area contributed by atoms with Crippen molar-refractivity contribution in [3.8, 4) is 0 Å². The summed E-state index contributed by atoms with van der Waals surface area (Å²) in [6, 6.07) is 1.55. The minimum Gasteiger partial charge on any atom is -0.313 e. The summed E-state index contributed by atoms with van der Waals surface area (Å²) in [4.78, 5) is 8.07. The Balaban J connectivity index is 2.16. The van der Waals surface area contributed by atoms with E-state index in [2.05, 4.69) is 15.3 Å². The first-order valence-electron chi connectivity index (χ1n) is 4.95. The Morgan fingerprint density at radius 2 is 2.38 bits per heavy atom. The van der Waals surface area contributed by atoms with Crippen molar-refractivity contribution < 1.29 is 4.39 Å². The van der Waals surface area contributed by atoms with Crippen molar-refractivity contribution in [2.24, 2.45) is 0 Å². The van der Waals surface area contributed by atoms with E-state index in [1.807, 2.05) is 12.4 Å². The van der Waals surface area contributed by atoms with Gasteiger partial charge in [-0.3, -0.25) is 4.98 Å². The molecule has 1 N–H and O–H groups in total. The maximum absolute atomic E-state index is 13.0. The SMILES string of the molecule is CNC(Cc1nccs1)c1cncc(F)c1. The van der Waals surface area contributed by atoms with Gasteiger partial charge < -0.3 is 5.32 Å². The van der Waals surface area contributed by atoms with Gasteiger partial charge in [0.2, 0.25) is 0 Å². The number of likely N-dealkylation sites (N-methyl/N-ethyl adjacent to an activating group) is 1. The van der Waals surface area contributed by atoms with Crippen molar-refractivity contribution in [2.45, 2.75) is 12.5 Å². The molecule has 0 aliphatic rings. The molecule has 0 spiro atoms. The van der Waals surface area contributed by atoms with E-state index in [0.717, 1.165) is 17.0 Å². The average molecular weight is 237 g/mol. The fourth-order valence-electron chi connectivity index (χ4n) is 1.53. The van der Waals surface area contributed by atoms with Crippen LogP contribution in [0.3, 0.4) is 0 Å². The molecule has 2 aromatic heterocycles. The lowest BCUT2D eigenvalue weighted by Gasteiger charge is -2.14. The molecular weight excluding hydrogens is 225 g/mol. The van der Waals surface area contributed by atoms with Crippen LogP contribution in [-0.4, -0.2) is 17.0 Å². The first-order chi connectivity index (χ1) is 7.79. The van der Waals surface area contributed by atoms with E-state index in [-0.39, 0.29) is 11.9 Å². The summed E-state index contributed by atoms with van der Waals surface area (Å²) in [7, 11) is 1.85. The minimum absolute atomic E-state index is 0.0503. The molecule has 0 bridgehead atoms. The van der Waals surface area contributed by atoms with E-state index in [1.54, 1.807) is 23.7 Å². The zero-order valence-corrected chi connectivity index (χ0v) is 9.67.